The minimum absolute atomic E-state index is 0.0483. The Kier molecular flexibility index (Phi) is 34.8. The van der Waals surface area contributed by atoms with Gasteiger partial charge in [-0.25, -0.2) is 0 Å². The van der Waals surface area contributed by atoms with Gasteiger partial charge in [0.05, 0.1) is 19.8 Å². The SMILES string of the molecule is CCCCCCCCCCCCCCCCC(C(=O)CCCCCCCCCCCCCCC)C(=O)OCCOCCO. The van der Waals surface area contributed by atoms with Gasteiger partial charge in [0.1, 0.15) is 18.3 Å². The van der Waals surface area contributed by atoms with Crippen molar-refractivity contribution in [1.29, 1.82) is 0 Å². The topological polar surface area (TPSA) is 72.8 Å². The maximum Gasteiger partial charge on any atom is 0.316 e. The van der Waals surface area contributed by atoms with E-state index in [-0.39, 0.29) is 38.2 Å². The van der Waals surface area contributed by atoms with Crippen LogP contribution in [0.3, 0.4) is 0 Å². The van der Waals surface area contributed by atoms with E-state index >= 15 is 0 Å². The van der Waals surface area contributed by atoms with Crippen molar-refractivity contribution < 1.29 is 24.2 Å². The quantitative estimate of drug-likeness (QED) is 0.0434. The van der Waals surface area contributed by atoms with Crippen LogP contribution in [0.25, 0.3) is 0 Å². The molecule has 0 aliphatic carbocycles. The molecular weight excluding hydrogens is 536 g/mol. The molecule has 5 nitrogen and oxygen atoms in total. The summed E-state index contributed by atoms with van der Waals surface area (Å²) in [7, 11) is 0. The van der Waals surface area contributed by atoms with Crippen molar-refractivity contribution in [2.45, 2.75) is 200 Å². The molecule has 0 spiro atoms. The summed E-state index contributed by atoms with van der Waals surface area (Å²) in [6, 6.07) is 0. The van der Waals surface area contributed by atoms with Crippen molar-refractivity contribution in [3.8, 4) is 0 Å². The van der Waals surface area contributed by atoms with E-state index in [1.807, 2.05) is 0 Å². The number of ketones is 1. The van der Waals surface area contributed by atoms with Crippen molar-refractivity contribution in [2.24, 2.45) is 5.92 Å². The highest BCUT2D eigenvalue weighted by molar-refractivity contribution is 5.98. The van der Waals surface area contributed by atoms with Crippen LogP contribution in [-0.4, -0.2) is 43.3 Å². The Morgan fingerprint density at radius 2 is 0.860 bits per heavy atom. The number of hydrogen-bond donors (Lipinski definition) is 1. The molecule has 1 unspecified atom stereocenters. The first kappa shape index (κ1) is 42.1. The summed E-state index contributed by atoms with van der Waals surface area (Å²) < 4.78 is 10.6. The van der Waals surface area contributed by atoms with Gasteiger partial charge in [0, 0.05) is 6.42 Å². The van der Waals surface area contributed by atoms with Crippen molar-refractivity contribution in [3.63, 3.8) is 0 Å². The predicted molar refractivity (Wildman–Crippen MR) is 183 cm³/mol. The Bertz CT molecular complexity index is 579. The van der Waals surface area contributed by atoms with E-state index in [4.69, 9.17) is 14.6 Å². The van der Waals surface area contributed by atoms with Crippen molar-refractivity contribution in [2.75, 3.05) is 26.4 Å². The highest BCUT2D eigenvalue weighted by Crippen LogP contribution is 2.20. The lowest BCUT2D eigenvalue weighted by atomic mass is 9.92. The molecule has 0 aliphatic heterocycles. The monoisotopic (exact) mass is 611 g/mol. The number of esters is 1. The molecule has 5 heteroatoms. The number of unbranched alkanes of at least 4 members (excludes halogenated alkanes) is 25. The first-order valence-corrected chi connectivity index (χ1v) is 19.0. The molecule has 0 rings (SSSR count). The maximum absolute atomic E-state index is 13.0. The fourth-order valence-electron chi connectivity index (χ4n) is 5.91. The van der Waals surface area contributed by atoms with E-state index in [1.165, 1.54) is 148 Å². The number of aliphatic hydroxyl groups excluding tert-OH is 1. The lowest BCUT2D eigenvalue weighted by Crippen LogP contribution is -2.27. The third-order valence-corrected chi connectivity index (χ3v) is 8.75. The third kappa shape index (κ3) is 30.9. The minimum Gasteiger partial charge on any atom is -0.463 e. The van der Waals surface area contributed by atoms with E-state index in [2.05, 4.69) is 13.8 Å². The first-order valence-electron chi connectivity index (χ1n) is 19.0. The molecule has 43 heavy (non-hydrogen) atoms. The van der Waals surface area contributed by atoms with Crippen LogP contribution in [0.2, 0.25) is 0 Å². The second kappa shape index (κ2) is 35.5. The zero-order chi connectivity index (χ0) is 31.5. The fourth-order valence-corrected chi connectivity index (χ4v) is 5.91. The van der Waals surface area contributed by atoms with Gasteiger partial charge in [0.15, 0.2) is 0 Å². The van der Waals surface area contributed by atoms with Crippen LogP contribution in [0.4, 0.5) is 0 Å². The van der Waals surface area contributed by atoms with Gasteiger partial charge in [-0.3, -0.25) is 9.59 Å². The molecule has 0 aromatic carbocycles. The molecule has 1 N–H and O–H groups in total. The Balaban J connectivity index is 4.06. The summed E-state index contributed by atoms with van der Waals surface area (Å²) in [5.41, 5.74) is 0. The molecule has 256 valence electrons. The molecule has 0 saturated heterocycles. The van der Waals surface area contributed by atoms with Crippen LogP contribution in [0, 0.1) is 5.92 Å². The predicted octanol–water partition coefficient (Wildman–Crippen LogP) is 11.1. The second-order valence-corrected chi connectivity index (χ2v) is 12.9. The van der Waals surface area contributed by atoms with Gasteiger partial charge in [-0.05, 0) is 12.8 Å². The third-order valence-electron chi connectivity index (χ3n) is 8.75. The second-order valence-electron chi connectivity index (χ2n) is 12.9. The van der Waals surface area contributed by atoms with Crippen molar-refractivity contribution in [3.05, 3.63) is 0 Å². The summed E-state index contributed by atoms with van der Waals surface area (Å²) in [6.45, 7) is 5.12. The van der Waals surface area contributed by atoms with Crippen molar-refractivity contribution in [1.82, 2.24) is 0 Å². The number of ether oxygens (including phenoxy) is 2. The number of aliphatic hydroxyl groups is 1. The molecule has 0 aliphatic rings. The molecule has 0 aromatic rings. The average Bonchev–Trinajstić information content (AvgIpc) is 3.01. The summed E-state index contributed by atoms with van der Waals surface area (Å²) in [5, 5.41) is 8.83. The molecule has 0 saturated carbocycles. The molecule has 0 heterocycles. The number of carbonyl (C=O) groups excluding carboxylic acids is 2. The van der Waals surface area contributed by atoms with Gasteiger partial charge in [-0.1, -0.05) is 181 Å². The smallest absolute Gasteiger partial charge is 0.316 e. The summed E-state index contributed by atoms with van der Waals surface area (Å²) in [6.07, 6.45) is 35.8. The van der Waals surface area contributed by atoms with Crippen LogP contribution in [0.5, 0.6) is 0 Å². The Morgan fingerprint density at radius 1 is 0.488 bits per heavy atom. The summed E-state index contributed by atoms with van der Waals surface area (Å²) >= 11 is 0. The van der Waals surface area contributed by atoms with Gasteiger partial charge in [0.2, 0.25) is 0 Å². The van der Waals surface area contributed by atoms with Gasteiger partial charge < -0.3 is 14.6 Å². The van der Waals surface area contributed by atoms with E-state index in [1.54, 1.807) is 0 Å². The van der Waals surface area contributed by atoms with E-state index < -0.39 is 5.92 Å². The normalized spacial score (nSPS) is 12.1. The molecule has 0 fully saturated rings. The lowest BCUT2D eigenvalue weighted by molar-refractivity contribution is -0.153. The van der Waals surface area contributed by atoms with Crippen LogP contribution in [0.1, 0.15) is 200 Å². The molecule has 1 atom stereocenters. The van der Waals surface area contributed by atoms with Gasteiger partial charge in [-0.2, -0.15) is 0 Å². The standard InChI is InChI=1S/C38H74O5/c1-3-5-7-9-11-13-15-17-19-20-22-24-26-28-30-36(38(41)43-35-34-42-33-32-39)37(40)31-29-27-25-23-21-18-16-14-12-10-8-6-4-2/h36,39H,3-35H2,1-2H3. The number of carbonyl (C=O) groups is 2. The van der Waals surface area contributed by atoms with Gasteiger partial charge >= 0.3 is 5.97 Å². The number of Topliss-reactive ketones (excluding diaryl/α,β-unsaturated/α-hetero) is 1. The molecule has 0 amide bonds. The van der Waals surface area contributed by atoms with Crippen LogP contribution in [0.15, 0.2) is 0 Å². The van der Waals surface area contributed by atoms with E-state index in [0.29, 0.717) is 12.8 Å². The first-order chi connectivity index (χ1) is 21.2. The van der Waals surface area contributed by atoms with Gasteiger partial charge in [0.25, 0.3) is 0 Å². The van der Waals surface area contributed by atoms with E-state index in [9.17, 15) is 9.59 Å². The lowest BCUT2D eigenvalue weighted by Gasteiger charge is -2.15. The maximum atomic E-state index is 13.0. The van der Waals surface area contributed by atoms with Gasteiger partial charge in [-0.15, -0.1) is 0 Å². The average molecular weight is 611 g/mol. The largest absolute Gasteiger partial charge is 0.463 e. The summed E-state index contributed by atoms with van der Waals surface area (Å²) in [4.78, 5) is 25.8. The molecule has 0 bridgehead atoms. The zero-order valence-corrected chi connectivity index (χ0v) is 29.0. The van der Waals surface area contributed by atoms with Crippen LogP contribution in [-0.2, 0) is 19.1 Å². The van der Waals surface area contributed by atoms with Crippen molar-refractivity contribution >= 4 is 11.8 Å². The number of hydrogen-bond acceptors (Lipinski definition) is 5. The summed E-state index contributed by atoms with van der Waals surface area (Å²) in [5.74, 6) is -0.964. The Hall–Kier alpha value is -0.940. The van der Waals surface area contributed by atoms with Crippen LogP contribution < -0.4 is 0 Å². The Morgan fingerprint density at radius 3 is 1.26 bits per heavy atom. The fraction of sp³-hybridized carbons (Fsp3) is 0.947. The highest BCUT2D eigenvalue weighted by atomic mass is 16.6. The zero-order valence-electron chi connectivity index (χ0n) is 29.0. The molecule has 0 radical (unpaired) electrons. The van der Waals surface area contributed by atoms with Crippen LogP contribution >= 0.6 is 0 Å². The minimum atomic E-state index is -0.632. The molecular formula is C38H74O5. The van der Waals surface area contributed by atoms with E-state index in [0.717, 1.165) is 25.7 Å². The highest BCUT2D eigenvalue weighted by Gasteiger charge is 2.27. The Labute approximate surface area is 268 Å². The molecule has 0 aromatic heterocycles. The number of rotatable bonds is 36.